The number of thiol groups is 1. The van der Waals surface area contributed by atoms with Crippen LogP contribution in [0, 0.1) is 5.82 Å². The maximum absolute atomic E-state index is 13.1. The Morgan fingerprint density at radius 2 is 1.94 bits per heavy atom. The third-order valence-electron chi connectivity index (χ3n) is 6.58. The van der Waals surface area contributed by atoms with Gasteiger partial charge in [-0.1, -0.05) is 18.2 Å². The second kappa shape index (κ2) is 8.80. The summed E-state index contributed by atoms with van der Waals surface area (Å²) in [5, 5.41) is 2.29. The summed E-state index contributed by atoms with van der Waals surface area (Å²) in [6.07, 6.45) is 2.17. The summed E-state index contributed by atoms with van der Waals surface area (Å²) in [5.41, 5.74) is 3.55. The van der Waals surface area contributed by atoms with Crippen LogP contribution in [0.4, 0.5) is 10.2 Å². The first-order valence-corrected chi connectivity index (χ1v) is 11.5. The number of piperidine rings is 1. The van der Waals surface area contributed by atoms with Crippen LogP contribution in [-0.4, -0.2) is 58.8 Å². The van der Waals surface area contributed by atoms with Crippen molar-refractivity contribution in [3.63, 3.8) is 0 Å². The predicted octanol–water partition coefficient (Wildman–Crippen LogP) is 2.09. The van der Waals surface area contributed by atoms with Crippen LogP contribution in [0.3, 0.4) is 0 Å². The highest BCUT2D eigenvalue weighted by Gasteiger charge is 2.39. The summed E-state index contributed by atoms with van der Waals surface area (Å²) in [7, 11) is 0. The molecule has 2 aromatic rings. The SMILES string of the molecule is O=C1CCC(N2Cc3ccc(CN4CCN(c5ccc(F)cn5)CC4)cc3C2S)C(=O)N1. The van der Waals surface area contributed by atoms with Crippen molar-refractivity contribution in [3.8, 4) is 0 Å². The van der Waals surface area contributed by atoms with Crippen LogP contribution >= 0.6 is 12.6 Å². The van der Waals surface area contributed by atoms with Crippen LogP contribution in [-0.2, 0) is 22.7 Å². The lowest BCUT2D eigenvalue weighted by Gasteiger charge is -2.35. The van der Waals surface area contributed by atoms with Gasteiger partial charge in [0.05, 0.1) is 17.6 Å². The zero-order valence-corrected chi connectivity index (χ0v) is 18.6. The Morgan fingerprint density at radius 3 is 2.66 bits per heavy atom. The smallest absolute Gasteiger partial charge is 0.243 e. The molecule has 0 radical (unpaired) electrons. The zero-order chi connectivity index (χ0) is 22.2. The van der Waals surface area contributed by atoms with Crippen LogP contribution < -0.4 is 10.2 Å². The number of hydrogen-bond acceptors (Lipinski definition) is 7. The van der Waals surface area contributed by atoms with E-state index in [-0.39, 0.29) is 29.0 Å². The summed E-state index contributed by atoms with van der Waals surface area (Å²) < 4.78 is 13.1. The molecule has 2 atom stereocenters. The molecule has 2 amide bonds. The van der Waals surface area contributed by atoms with Gasteiger partial charge in [-0.2, -0.15) is 12.6 Å². The highest BCUT2D eigenvalue weighted by molar-refractivity contribution is 7.80. The van der Waals surface area contributed by atoms with Gasteiger partial charge in [0.2, 0.25) is 11.8 Å². The first-order chi connectivity index (χ1) is 15.5. The normalized spacial score (nSPS) is 24.5. The lowest BCUT2D eigenvalue weighted by atomic mass is 10.0. The van der Waals surface area contributed by atoms with Crippen molar-refractivity contribution < 1.29 is 14.0 Å². The van der Waals surface area contributed by atoms with Crippen LogP contribution in [0.15, 0.2) is 36.5 Å². The molecule has 1 aromatic heterocycles. The predicted molar refractivity (Wildman–Crippen MR) is 122 cm³/mol. The van der Waals surface area contributed by atoms with Gasteiger partial charge in [-0.15, -0.1) is 0 Å². The maximum Gasteiger partial charge on any atom is 0.243 e. The third-order valence-corrected chi connectivity index (χ3v) is 7.15. The summed E-state index contributed by atoms with van der Waals surface area (Å²) >= 11 is 4.82. The topological polar surface area (TPSA) is 68.8 Å². The molecule has 1 aromatic carbocycles. The van der Waals surface area contributed by atoms with E-state index in [0.717, 1.165) is 44.1 Å². The number of anilines is 1. The molecule has 1 N–H and O–H groups in total. The number of hydrogen-bond donors (Lipinski definition) is 2. The number of nitrogens with one attached hydrogen (secondary N) is 1. The Balaban J connectivity index is 1.21. The number of rotatable bonds is 4. The number of fused-ring (bicyclic) bond motifs is 1. The molecule has 5 rings (SSSR count). The molecule has 4 heterocycles. The highest BCUT2D eigenvalue weighted by atomic mass is 32.1. The Labute approximate surface area is 192 Å². The van der Waals surface area contributed by atoms with E-state index in [0.29, 0.717) is 19.4 Å². The molecule has 0 saturated carbocycles. The maximum atomic E-state index is 13.1. The van der Waals surface area contributed by atoms with E-state index < -0.39 is 0 Å². The molecule has 0 bridgehead atoms. The number of carbonyl (C=O) groups excluding carboxylic acids is 2. The lowest BCUT2D eigenvalue weighted by molar-refractivity contribution is -0.137. The standard InChI is InChI=1S/C23H26FN5O2S/c24-17-3-5-20(25-12-17)28-9-7-27(8-10-28)13-15-1-2-16-14-29(23(32)18(16)11-15)19-4-6-21(30)26-22(19)31/h1-3,5,11-12,19,23,32H,4,6-10,13-14H2,(H,26,30,31). The molecule has 7 nitrogen and oxygen atoms in total. The minimum absolute atomic E-state index is 0.157. The largest absolute Gasteiger partial charge is 0.354 e. The number of halogens is 1. The van der Waals surface area contributed by atoms with Crippen molar-refractivity contribution in [2.75, 3.05) is 31.1 Å². The molecule has 0 spiro atoms. The van der Waals surface area contributed by atoms with E-state index in [9.17, 15) is 14.0 Å². The molecule has 2 unspecified atom stereocenters. The minimum atomic E-state index is -0.320. The second-order valence-corrected chi connectivity index (χ2v) is 9.13. The highest BCUT2D eigenvalue weighted by Crippen LogP contribution is 2.39. The minimum Gasteiger partial charge on any atom is -0.354 e. The van der Waals surface area contributed by atoms with E-state index in [1.807, 2.05) is 0 Å². The first kappa shape index (κ1) is 21.4. The van der Waals surface area contributed by atoms with Gasteiger partial charge >= 0.3 is 0 Å². The molecule has 2 fully saturated rings. The van der Waals surface area contributed by atoms with Crippen LogP contribution in [0.25, 0.3) is 0 Å². The lowest BCUT2D eigenvalue weighted by Crippen LogP contribution is -2.51. The number of pyridine rings is 1. The van der Waals surface area contributed by atoms with Crippen molar-refractivity contribution >= 4 is 30.3 Å². The second-order valence-electron chi connectivity index (χ2n) is 8.64. The van der Waals surface area contributed by atoms with Crippen molar-refractivity contribution in [1.29, 1.82) is 0 Å². The number of carbonyl (C=O) groups is 2. The van der Waals surface area contributed by atoms with Crippen LogP contribution in [0.2, 0.25) is 0 Å². The van der Waals surface area contributed by atoms with Gasteiger partial charge in [0.1, 0.15) is 11.6 Å². The Kier molecular flexibility index (Phi) is 5.88. The molecule has 0 aliphatic carbocycles. The fraction of sp³-hybridized carbons (Fsp3) is 0.435. The molecular formula is C23H26FN5O2S. The average Bonchev–Trinajstić information content (AvgIpc) is 3.11. The van der Waals surface area contributed by atoms with Gasteiger partial charge < -0.3 is 4.90 Å². The first-order valence-electron chi connectivity index (χ1n) is 11.0. The summed E-state index contributed by atoms with van der Waals surface area (Å²) in [5.74, 6) is 0.0795. The summed E-state index contributed by atoms with van der Waals surface area (Å²) in [6.45, 7) is 5.02. The van der Waals surface area contributed by atoms with E-state index >= 15 is 0 Å². The van der Waals surface area contributed by atoms with Gasteiger partial charge in [-0.05, 0) is 35.2 Å². The molecular weight excluding hydrogens is 429 g/mol. The van der Waals surface area contributed by atoms with Crippen LogP contribution in [0.1, 0.15) is 34.9 Å². The summed E-state index contributed by atoms with van der Waals surface area (Å²) in [4.78, 5) is 34.7. The number of nitrogens with zero attached hydrogens (tertiary/aromatic N) is 4. The van der Waals surface area contributed by atoms with Crippen molar-refractivity contribution in [3.05, 3.63) is 59.0 Å². The number of amides is 2. The molecule has 32 heavy (non-hydrogen) atoms. The molecule has 3 aliphatic rings. The van der Waals surface area contributed by atoms with Crippen LogP contribution in [0.5, 0.6) is 0 Å². The fourth-order valence-electron chi connectivity index (χ4n) is 4.82. The van der Waals surface area contributed by atoms with Gasteiger partial charge in [-0.25, -0.2) is 9.37 Å². The van der Waals surface area contributed by atoms with E-state index in [1.54, 1.807) is 6.07 Å². The van der Waals surface area contributed by atoms with E-state index in [2.05, 4.69) is 43.2 Å². The van der Waals surface area contributed by atoms with E-state index in [4.69, 9.17) is 12.6 Å². The quantitative estimate of drug-likeness (QED) is 0.544. The van der Waals surface area contributed by atoms with Gasteiger partial charge in [0.25, 0.3) is 0 Å². The molecule has 2 saturated heterocycles. The molecule has 168 valence electrons. The average molecular weight is 456 g/mol. The Hall–Kier alpha value is -2.49. The number of imide groups is 1. The van der Waals surface area contributed by atoms with Gasteiger partial charge in [0.15, 0.2) is 0 Å². The zero-order valence-electron chi connectivity index (χ0n) is 17.7. The van der Waals surface area contributed by atoms with Gasteiger partial charge in [-0.3, -0.25) is 24.7 Å². The van der Waals surface area contributed by atoms with Crippen molar-refractivity contribution in [2.24, 2.45) is 0 Å². The monoisotopic (exact) mass is 455 g/mol. The Bertz CT molecular complexity index is 1030. The third kappa shape index (κ3) is 4.24. The molecule has 9 heteroatoms. The fourth-order valence-corrected chi connectivity index (χ4v) is 5.30. The Morgan fingerprint density at radius 1 is 1.12 bits per heavy atom. The van der Waals surface area contributed by atoms with Gasteiger partial charge in [0, 0.05) is 45.7 Å². The summed E-state index contributed by atoms with van der Waals surface area (Å²) in [6, 6.07) is 9.35. The number of piperazine rings is 1. The number of aromatic nitrogens is 1. The number of benzene rings is 1. The van der Waals surface area contributed by atoms with E-state index in [1.165, 1.54) is 23.4 Å². The van der Waals surface area contributed by atoms with Crippen molar-refractivity contribution in [1.82, 2.24) is 20.1 Å². The van der Waals surface area contributed by atoms with Crippen molar-refractivity contribution in [2.45, 2.75) is 37.3 Å². The molecule has 3 aliphatic heterocycles.